The van der Waals surface area contributed by atoms with Crippen LogP contribution in [0.4, 0.5) is 8.78 Å². The van der Waals surface area contributed by atoms with Gasteiger partial charge in [0, 0.05) is 31.6 Å². The van der Waals surface area contributed by atoms with Crippen LogP contribution in [0.2, 0.25) is 0 Å². The fourth-order valence-electron chi connectivity index (χ4n) is 6.17. The summed E-state index contributed by atoms with van der Waals surface area (Å²) in [5.41, 5.74) is 3.09. The Morgan fingerprint density at radius 1 is 0.886 bits per heavy atom. The molecule has 5 heteroatoms. The molecule has 184 valence electrons. The number of methoxy groups -OCH3 is 1. The number of benzene rings is 3. The quantitative estimate of drug-likeness (QED) is 0.433. The zero-order chi connectivity index (χ0) is 24.3. The number of halogens is 2. The Labute approximate surface area is 207 Å². The van der Waals surface area contributed by atoms with E-state index in [1.165, 1.54) is 12.8 Å². The summed E-state index contributed by atoms with van der Waals surface area (Å²) < 4.78 is 33.0. The zero-order valence-corrected chi connectivity index (χ0v) is 20.4. The minimum absolute atomic E-state index is 0.203. The third-order valence-electron chi connectivity index (χ3n) is 8.03. The highest BCUT2D eigenvalue weighted by Crippen LogP contribution is 2.43. The second kappa shape index (κ2) is 10.5. The molecule has 3 aliphatic rings. The highest BCUT2D eigenvalue weighted by atomic mass is 19.1. The summed E-state index contributed by atoms with van der Waals surface area (Å²) >= 11 is 0. The predicted molar refractivity (Wildman–Crippen MR) is 135 cm³/mol. The number of ether oxygens (including phenoxy) is 1. The van der Waals surface area contributed by atoms with Crippen LogP contribution < -0.4 is 10.1 Å². The van der Waals surface area contributed by atoms with Crippen LogP contribution in [0.1, 0.15) is 36.0 Å². The van der Waals surface area contributed by atoms with Crippen molar-refractivity contribution in [2.75, 3.05) is 20.2 Å². The van der Waals surface area contributed by atoms with Gasteiger partial charge in [-0.25, -0.2) is 8.78 Å². The van der Waals surface area contributed by atoms with Gasteiger partial charge in [0.2, 0.25) is 0 Å². The average molecular weight is 477 g/mol. The summed E-state index contributed by atoms with van der Waals surface area (Å²) in [6.45, 7) is 2.77. The molecule has 3 aromatic carbocycles. The van der Waals surface area contributed by atoms with E-state index in [0.29, 0.717) is 18.4 Å². The molecule has 0 aliphatic carbocycles. The summed E-state index contributed by atoms with van der Waals surface area (Å²) in [5, 5.41) is 4.02. The van der Waals surface area contributed by atoms with E-state index in [0.717, 1.165) is 54.8 Å². The molecule has 2 unspecified atom stereocenters. The van der Waals surface area contributed by atoms with E-state index < -0.39 is 0 Å². The summed E-state index contributed by atoms with van der Waals surface area (Å²) in [5.74, 6) is 1.47. The number of hydrogen-bond donors (Lipinski definition) is 1. The van der Waals surface area contributed by atoms with Crippen molar-refractivity contribution in [2.45, 2.75) is 44.3 Å². The monoisotopic (exact) mass is 476 g/mol. The van der Waals surface area contributed by atoms with Gasteiger partial charge in [0.1, 0.15) is 17.4 Å². The molecular weight excluding hydrogens is 442 g/mol. The second-order valence-corrected chi connectivity index (χ2v) is 10.1. The third-order valence-corrected chi connectivity index (χ3v) is 8.03. The molecule has 3 aromatic rings. The molecule has 0 spiro atoms. The predicted octanol–water partition coefficient (Wildman–Crippen LogP) is 5.98. The van der Waals surface area contributed by atoms with E-state index in [2.05, 4.69) is 16.3 Å². The SMILES string of the molecule is COc1ccccc1CNC1(Cc2ccc(F)cc2)C(Cc2ccc(F)cc2)CC2CCN1CC2. The van der Waals surface area contributed by atoms with Crippen molar-refractivity contribution >= 4 is 0 Å². The summed E-state index contributed by atoms with van der Waals surface area (Å²) in [6, 6.07) is 22.0. The molecule has 3 heterocycles. The molecule has 0 saturated carbocycles. The lowest BCUT2D eigenvalue weighted by Gasteiger charge is -2.49. The van der Waals surface area contributed by atoms with Crippen LogP contribution in [0.15, 0.2) is 72.8 Å². The largest absolute Gasteiger partial charge is 0.496 e. The first-order valence-electron chi connectivity index (χ1n) is 12.7. The van der Waals surface area contributed by atoms with Gasteiger partial charge >= 0.3 is 0 Å². The summed E-state index contributed by atoms with van der Waals surface area (Å²) in [4.78, 5) is 2.63. The maximum Gasteiger partial charge on any atom is 0.123 e. The van der Waals surface area contributed by atoms with Crippen LogP contribution in [0.5, 0.6) is 5.75 Å². The molecule has 6 rings (SSSR count). The van der Waals surface area contributed by atoms with E-state index >= 15 is 0 Å². The molecule has 3 saturated heterocycles. The Morgan fingerprint density at radius 3 is 2.17 bits per heavy atom. The van der Waals surface area contributed by atoms with Crippen molar-refractivity contribution in [2.24, 2.45) is 11.8 Å². The van der Waals surface area contributed by atoms with Crippen LogP contribution in [-0.4, -0.2) is 30.8 Å². The molecule has 35 heavy (non-hydrogen) atoms. The van der Waals surface area contributed by atoms with Crippen LogP contribution in [0, 0.1) is 23.5 Å². The van der Waals surface area contributed by atoms with E-state index in [4.69, 9.17) is 4.74 Å². The Bertz CT molecular complexity index is 1110. The minimum Gasteiger partial charge on any atom is -0.496 e. The first kappa shape index (κ1) is 24.0. The first-order valence-corrected chi connectivity index (χ1v) is 12.7. The van der Waals surface area contributed by atoms with Crippen molar-refractivity contribution in [1.29, 1.82) is 0 Å². The molecular formula is C30H34F2N2O. The Balaban J connectivity index is 1.54. The van der Waals surface area contributed by atoms with Crippen LogP contribution in [0.25, 0.3) is 0 Å². The van der Waals surface area contributed by atoms with Crippen LogP contribution in [-0.2, 0) is 19.4 Å². The number of piperidine rings is 1. The van der Waals surface area contributed by atoms with E-state index in [9.17, 15) is 8.78 Å². The first-order chi connectivity index (χ1) is 17.1. The number of nitrogens with one attached hydrogen (secondary N) is 1. The summed E-state index contributed by atoms with van der Waals surface area (Å²) in [6.07, 6.45) is 5.16. The smallest absolute Gasteiger partial charge is 0.123 e. The third kappa shape index (κ3) is 5.26. The number of rotatable bonds is 8. The molecule has 2 bridgehead atoms. The molecule has 1 N–H and O–H groups in total. The number of hydrogen-bond acceptors (Lipinski definition) is 3. The van der Waals surface area contributed by atoms with Gasteiger partial charge in [-0.05, 0) is 79.0 Å². The minimum atomic E-state index is -0.307. The number of nitrogens with zero attached hydrogens (tertiary/aromatic N) is 1. The molecule has 3 aliphatic heterocycles. The lowest BCUT2D eigenvalue weighted by atomic mass is 9.78. The highest BCUT2D eigenvalue weighted by Gasteiger charge is 2.48. The standard InChI is InChI=1S/C30H34F2N2O/c1-35-29-5-3-2-4-25(29)21-33-30(20-24-8-12-28(32)13-9-24)26(18-22-6-10-27(31)11-7-22)19-23-14-16-34(30)17-15-23/h2-13,23,26,33H,14-21H2,1H3. The highest BCUT2D eigenvalue weighted by molar-refractivity contribution is 5.33. The zero-order valence-electron chi connectivity index (χ0n) is 20.4. The van der Waals surface area contributed by atoms with Gasteiger partial charge in [-0.15, -0.1) is 0 Å². The van der Waals surface area contributed by atoms with Crippen molar-refractivity contribution < 1.29 is 13.5 Å². The van der Waals surface area contributed by atoms with Gasteiger partial charge in [-0.3, -0.25) is 10.2 Å². The van der Waals surface area contributed by atoms with Gasteiger partial charge in [-0.1, -0.05) is 42.5 Å². The number of para-hydroxylation sites is 1. The van der Waals surface area contributed by atoms with Crippen molar-refractivity contribution in [3.8, 4) is 5.75 Å². The van der Waals surface area contributed by atoms with Gasteiger partial charge in [-0.2, -0.15) is 0 Å². The normalized spacial score (nSPS) is 25.9. The van der Waals surface area contributed by atoms with Gasteiger partial charge in [0.15, 0.2) is 0 Å². The lowest BCUT2D eigenvalue weighted by Crippen LogP contribution is -2.64. The molecule has 3 nitrogen and oxygen atoms in total. The molecule has 3 fully saturated rings. The Hall–Kier alpha value is -2.76. The second-order valence-electron chi connectivity index (χ2n) is 10.1. The molecule has 0 radical (unpaired) electrons. The fraction of sp³-hybridized carbons (Fsp3) is 0.400. The maximum atomic E-state index is 13.8. The number of fused-ring (bicyclic) bond motifs is 4. The molecule has 0 amide bonds. The summed E-state index contributed by atoms with van der Waals surface area (Å²) in [7, 11) is 1.71. The average Bonchev–Trinajstić information content (AvgIpc) is 3.11. The molecule has 0 aromatic heterocycles. The van der Waals surface area contributed by atoms with Gasteiger partial charge in [0.05, 0.1) is 12.8 Å². The van der Waals surface area contributed by atoms with Crippen LogP contribution in [0.3, 0.4) is 0 Å². The van der Waals surface area contributed by atoms with Crippen LogP contribution >= 0.6 is 0 Å². The van der Waals surface area contributed by atoms with Crippen molar-refractivity contribution in [3.63, 3.8) is 0 Å². The van der Waals surface area contributed by atoms with E-state index in [1.54, 1.807) is 31.4 Å². The van der Waals surface area contributed by atoms with Gasteiger partial charge < -0.3 is 4.74 Å². The fourth-order valence-corrected chi connectivity index (χ4v) is 6.17. The van der Waals surface area contributed by atoms with E-state index in [1.807, 2.05) is 42.5 Å². The topological polar surface area (TPSA) is 24.5 Å². The van der Waals surface area contributed by atoms with Crippen molar-refractivity contribution in [3.05, 3.63) is 101 Å². The lowest BCUT2D eigenvalue weighted by molar-refractivity contribution is 0.00856. The Morgan fingerprint density at radius 2 is 1.51 bits per heavy atom. The van der Waals surface area contributed by atoms with Crippen molar-refractivity contribution in [1.82, 2.24) is 10.2 Å². The maximum absolute atomic E-state index is 13.8. The Kier molecular flexibility index (Phi) is 7.17. The van der Waals surface area contributed by atoms with E-state index in [-0.39, 0.29) is 17.3 Å². The molecule has 2 atom stereocenters. The van der Waals surface area contributed by atoms with Gasteiger partial charge in [0.25, 0.3) is 0 Å².